The van der Waals surface area contributed by atoms with E-state index in [9.17, 15) is 9.59 Å². The van der Waals surface area contributed by atoms with E-state index in [2.05, 4.69) is 10.3 Å². The fourth-order valence-electron chi connectivity index (χ4n) is 2.03. The Kier molecular flexibility index (Phi) is 7.43. The zero-order valence-corrected chi connectivity index (χ0v) is 14.2. The number of amides is 1. The van der Waals surface area contributed by atoms with Crippen LogP contribution in [0.1, 0.15) is 35.8 Å². The van der Waals surface area contributed by atoms with Crippen molar-refractivity contribution in [3.8, 4) is 5.75 Å². The van der Waals surface area contributed by atoms with Crippen molar-refractivity contribution in [1.82, 2.24) is 10.3 Å². The minimum absolute atomic E-state index is 0.139. The quantitative estimate of drug-likeness (QED) is 0.560. The van der Waals surface area contributed by atoms with Crippen molar-refractivity contribution in [3.05, 3.63) is 59.9 Å². The fourth-order valence-corrected chi connectivity index (χ4v) is 2.03. The number of pyridine rings is 1. The predicted octanol–water partition coefficient (Wildman–Crippen LogP) is 2.73. The number of esters is 1. The van der Waals surface area contributed by atoms with Crippen molar-refractivity contribution >= 4 is 11.9 Å². The number of hydrogen-bond donors (Lipinski definition) is 1. The summed E-state index contributed by atoms with van der Waals surface area (Å²) in [5.74, 6) is -0.580. The molecule has 0 aliphatic carbocycles. The normalized spacial score (nSPS) is 10.1. The Bertz CT molecular complexity index is 689. The van der Waals surface area contributed by atoms with Gasteiger partial charge in [0.05, 0.1) is 6.61 Å². The summed E-state index contributed by atoms with van der Waals surface area (Å²) in [7, 11) is 0. The molecule has 0 aliphatic rings. The lowest BCUT2D eigenvalue weighted by atomic mass is 10.2. The van der Waals surface area contributed by atoms with Gasteiger partial charge in [-0.15, -0.1) is 0 Å². The lowest BCUT2D eigenvalue weighted by Crippen LogP contribution is -2.31. The number of rotatable bonds is 9. The Balaban J connectivity index is 1.90. The maximum Gasteiger partial charge on any atom is 0.325 e. The molecule has 0 fully saturated rings. The number of unbranched alkanes of at least 4 members (excludes halogenated alkanes) is 1. The van der Waals surface area contributed by atoms with Gasteiger partial charge in [0.15, 0.2) is 11.4 Å². The lowest BCUT2D eigenvalue weighted by Gasteiger charge is -2.11. The molecule has 0 unspecified atom stereocenters. The molecule has 1 aromatic heterocycles. The highest BCUT2D eigenvalue weighted by Crippen LogP contribution is 2.17. The number of nitrogens with one attached hydrogen (secondary N) is 1. The Morgan fingerprint density at radius 2 is 1.92 bits per heavy atom. The zero-order chi connectivity index (χ0) is 17.9. The number of carbonyl (C=O) groups is 2. The molecule has 0 spiro atoms. The van der Waals surface area contributed by atoms with Gasteiger partial charge in [-0.2, -0.15) is 0 Å². The van der Waals surface area contributed by atoms with Gasteiger partial charge >= 0.3 is 5.97 Å². The number of benzene rings is 1. The average molecular weight is 342 g/mol. The molecule has 132 valence electrons. The maximum atomic E-state index is 12.2. The van der Waals surface area contributed by atoms with Crippen molar-refractivity contribution in [1.29, 1.82) is 0 Å². The molecule has 0 atom stereocenters. The Labute approximate surface area is 147 Å². The average Bonchev–Trinajstić information content (AvgIpc) is 2.66. The van der Waals surface area contributed by atoms with Crippen LogP contribution in [0.3, 0.4) is 0 Å². The molecule has 2 rings (SSSR count). The third kappa shape index (κ3) is 6.25. The minimum Gasteiger partial charge on any atom is -0.486 e. The molecule has 6 nitrogen and oxygen atoms in total. The molecule has 0 saturated heterocycles. The summed E-state index contributed by atoms with van der Waals surface area (Å²) in [6, 6.07) is 13.0. The second-order valence-corrected chi connectivity index (χ2v) is 5.38. The van der Waals surface area contributed by atoms with E-state index in [0.29, 0.717) is 19.0 Å². The molecular weight excluding hydrogens is 320 g/mol. The summed E-state index contributed by atoms with van der Waals surface area (Å²) in [6.45, 7) is 2.50. The van der Waals surface area contributed by atoms with E-state index in [0.717, 1.165) is 18.4 Å². The Hall–Kier alpha value is -2.89. The van der Waals surface area contributed by atoms with E-state index in [1.165, 1.54) is 6.20 Å². The van der Waals surface area contributed by atoms with Crippen molar-refractivity contribution in [2.45, 2.75) is 26.4 Å². The molecule has 1 N–H and O–H groups in total. The first-order chi connectivity index (χ1) is 12.2. The molecule has 1 heterocycles. The van der Waals surface area contributed by atoms with Crippen LogP contribution in [0.4, 0.5) is 0 Å². The highest BCUT2D eigenvalue weighted by atomic mass is 16.5. The number of hydrogen-bond acceptors (Lipinski definition) is 5. The molecule has 2 aromatic rings. The van der Waals surface area contributed by atoms with Gasteiger partial charge in [0.1, 0.15) is 13.2 Å². The van der Waals surface area contributed by atoms with Gasteiger partial charge in [-0.3, -0.25) is 9.59 Å². The van der Waals surface area contributed by atoms with Crippen LogP contribution in [0, 0.1) is 0 Å². The van der Waals surface area contributed by atoms with Crippen LogP contribution in [-0.2, 0) is 16.1 Å². The zero-order valence-electron chi connectivity index (χ0n) is 14.2. The van der Waals surface area contributed by atoms with Crippen LogP contribution in [0.5, 0.6) is 5.75 Å². The van der Waals surface area contributed by atoms with Crippen LogP contribution in [0.15, 0.2) is 48.7 Å². The molecule has 0 saturated carbocycles. The Morgan fingerprint density at radius 3 is 2.68 bits per heavy atom. The van der Waals surface area contributed by atoms with Gasteiger partial charge < -0.3 is 14.8 Å². The maximum absolute atomic E-state index is 12.2. The van der Waals surface area contributed by atoms with E-state index in [4.69, 9.17) is 9.47 Å². The van der Waals surface area contributed by atoms with E-state index in [1.54, 1.807) is 12.1 Å². The summed E-state index contributed by atoms with van der Waals surface area (Å²) >= 11 is 0. The van der Waals surface area contributed by atoms with E-state index in [1.807, 2.05) is 37.3 Å². The van der Waals surface area contributed by atoms with Gasteiger partial charge in [0.25, 0.3) is 5.91 Å². The first-order valence-corrected chi connectivity index (χ1v) is 8.26. The minimum atomic E-state index is -0.476. The van der Waals surface area contributed by atoms with Crippen molar-refractivity contribution in [3.63, 3.8) is 0 Å². The summed E-state index contributed by atoms with van der Waals surface area (Å²) in [5.41, 5.74) is 1.12. The highest BCUT2D eigenvalue weighted by molar-refractivity contribution is 5.96. The van der Waals surface area contributed by atoms with Crippen LogP contribution < -0.4 is 10.1 Å². The molecule has 1 amide bonds. The Morgan fingerprint density at radius 1 is 1.12 bits per heavy atom. The summed E-state index contributed by atoms with van der Waals surface area (Å²) in [4.78, 5) is 27.9. The van der Waals surface area contributed by atoms with Crippen LogP contribution in [0.2, 0.25) is 0 Å². The number of ether oxygens (including phenoxy) is 2. The van der Waals surface area contributed by atoms with Crippen molar-refractivity contribution < 1.29 is 19.1 Å². The van der Waals surface area contributed by atoms with Gasteiger partial charge in [0.2, 0.25) is 0 Å². The molecule has 0 bridgehead atoms. The van der Waals surface area contributed by atoms with Crippen LogP contribution in [0.25, 0.3) is 0 Å². The topological polar surface area (TPSA) is 77.5 Å². The second-order valence-electron chi connectivity index (χ2n) is 5.38. The smallest absolute Gasteiger partial charge is 0.325 e. The first kappa shape index (κ1) is 18.4. The second kappa shape index (κ2) is 10.1. The molecule has 0 aliphatic heterocycles. The lowest BCUT2D eigenvalue weighted by molar-refractivity contribution is -0.142. The van der Waals surface area contributed by atoms with Gasteiger partial charge in [-0.25, -0.2) is 4.98 Å². The third-order valence-electron chi connectivity index (χ3n) is 3.38. The highest BCUT2D eigenvalue weighted by Gasteiger charge is 2.15. The van der Waals surface area contributed by atoms with Crippen molar-refractivity contribution in [2.75, 3.05) is 13.2 Å². The molecule has 25 heavy (non-hydrogen) atoms. The fraction of sp³-hybridized carbons (Fsp3) is 0.316. The van der Waals surface area contributed by atoms with E-state index >= 15 is 0 Å². The number of carbonyl (C=O) groups excluding carboxylic acids is 2. The number of aromatic nitrogens is 1. The summed E-state index contributed by atoms with van der Waals surface area (Å²) in [5, 5.41) is 2.51. The molecule has 0 radical (unpaired) electrons. The van der Waals surface area contributed by atoms with Crippen LogP contribution in [-0.4, -0.2) is 30.0 Å². The largest absolute Gasteiger partial charge is 0.486 e. The van der Waals surface area contributed by atoms with E-state index in [-0.39, 0.29) is 12.2 Å². The van der Waals surface area contributed by atoms with E-state index < -0.39 is 11.9 Å². The van der Waals surface area contributed by atoms with Gasteiger partial charge in [-0.1, -0.05) is 43.7 Å². The standard InChI is InChI=1S/C19H22N2O4/c1-2-3-12-24-17(22)13-21-19(23)18-16(10-7-11-20-18)25-14-15-8-5-4-6-9-15/h4-11H,2-3,12-14H2,1H3,(H,21,23). The van der Waals surface area contributed by atoms with Gasteiger partial charge in [-0.05, 0) is 24.1 Å². The summed E-state index contributed by atoms with van der Waals surface area (Å²) < 4.78 is 10.7. The summed E-state index contributed by atoms with van der Waals surface area (Å²) in [6.07, 6.45) is 3.25. The van der Waals surface area contributed by atoms with Crippen molar-refractivity contribution in [2.24, 2.45) is 0 Å². The SMILES string of the molecule is CCCCOC(=O)CNC(=O)c1ncccc1OCc1ccccc1. The monoisotopic (exact) mass is 342 g/mol. The number of nitrogens with zero attached hydrogens (tertiary/aromatic N) is 1. The van der Waals surface area contributed by atoms with Crippen LogP contribution >= 0.6 is 0 Å². The molecule has 6 heteroatoms. The predicted molar refractivity (Wildman–Crippen MR) is 93.2 cm³/mol. The third-order valence-corrected chi connectivity index (χ3v) is 3.38. The first-order valence-electron chi connectivity index (χ1n) is 8.26. The molecule has 1 aromatic carbocycles. The van der Waals surface area contributed by atoms with Gasteiger partial charge in [0, 0.05) is 6.20 Å². The molecular formula is C19H22N2O4.